The molecule has 1 fully saturated rings. The average molecular weight is 365 g/mol. The van der Waals surface area contributed by atoms with Crippen LogP contribution in [0.25, 0.3) is 0 Å². The van der Waals surface area contributed by atoms with Crippen molar-refractivity contribution < 1.29 is 8.42 Å². The molecule has 2 aromatic rings. The predicted octanol–water partition coefficient (Wildman–Crippen LogP) is 3.25. The van der Waals surface area contributed by atoms with E-state index in [-0.39, 0.29) is 0 Å². The fraction of sp³-hybridized carbons (Fsp3) is 0.444. The van der Waals surface area contributed by atoms with E-state index in [0.29, 0.717) is 23.9 Å². The highest BCUT2D eigenvalue weighted by Gasteiger charge is 2.28. The lowest BCUT2D eigenvalue weighted by molar-refractivity contribution is 0.267. The van der Waals surface area contributed by atoms with E-state index in [4.69, 9.17) is 0 Å². The lowest BCUT2D eigenvalue weighted by atomic mass is 9.98. The SMILES string of the molecule is Cc1ccsc1CNCC1CCN(S(=O)(=O)c2ccccc2)CC1. The Labute approximate surface area is 148 Å². The number of benzene rings is 1. The standard InChI is InChI=1S/C18H24N2O2S2/c1-15-9-12-23-18(15)14-19-13-16-7-10-20(11-8-16)24(21,22)17-5-3-2-4-6-17/h2-6,9,12,16,19H,7-8,10-11,13-14H2,1H3. The van der Waals surface area contributed by atoms with Gasteiger partial charge in [-0.05, 0) is 61.4 Å². The lowest BCUT2D eigenvalue weighted by Crippen LogP contribution is -2.40. The minimum absolute atomic E-state index is 0.398. The highest BCUT2D eigenvalue weighted by molar-refractivity contribution is 7.89. The van der Waals surface area contributed by atoms with Gasteiger partial charge < -0.3 is 5.32 Å². The lowest BCUT2D eigenvalue weighted by Gasteiger charge is -2.31. The second kappa shape index (κ2) is 7.78. The van der Waals surface area contributed by atoms with Gasteiger partial charge in [-0.3, -0.25) is 0 Å². The maximum Gasteiger partial charge on any atom is 0.243 e. The minimum atomic E-state index is -3.33. The van der Waals surface area contributed by atoms with E-state index in [0.717, 1.165) is 25.9 Å². The molecule has 0 saturated carbocycles. The van der Waals surface area contributed by atoms with Crippen LogP contribution in [0, 0.1) is 12.8 Å². The van der Waals surface area contributed by atoms with Crippen LogP contribution in [-0.4, -0.2) is 32.4 Å². The zero-order valence-corrected chi connectivity index (χ0v) is 15.6. The Kier molecular flexibility index (Phi) is 5.71. The van der Waals surface area contributed by atoms with Gasteiger partial charge in [0, 0.05) is 24.5 Å². The largest absolute Gasteiger partial charge is 0.312 e. The van der Waals surface area contributed by atoms with E-state index in [1.54, 1.807) is 39.9 Å². The van der Waals surface area contributed by atoms with Gasteiger partial charge in [0.15, 0.2) is 0 Å². The van der Waals surface area contributed by atoms with Gasteiger partial charge in [-0.15, -0.1) is 11.3 Å². The summed E-state index contributed by atoms with van der Waals surface area (Å²) in [6, 6.07) is 10.9. The molecule has 1 N–H and O–H groups in total. The zero-order valence-electron chi connectivity index (χ0n) is 13.9. The number of thiophene rings is 1. The third kappa shape index (κ3) is 4.06. The van der Waals surface area contributed by atoms with E-state index in [1.165, 1.54) is 10.4 Å². The molecule has 0 spiro atoms. The van der Waals surface area contributed by atoms with E-state index in [9.17, 15) is 8.42 Å². The van der Waals surface area contributed by atoms with Gasteiger partial charge in [0.25, 0.3) is 0 Å². The molecule has 0 unspecified atom stereocenters. The van der Waals surface area contributed by atoms with Gasteiger partial charge in [-0.2, -0.15) is 4.31 Å². The summed E-state index contributed by atoms with van der Waals surface area (Å²) in [5, 5.41) is 5.65. The molecule has 1 aromatic carbocycles. The molecule has 1 saturated heterocycles. The molecule has 4 nitrogen and oxygen atoms in total. The van der Waals surface area contributed by atoms with Gasteiger partial charge in [0.05, 0.1) is 4.90 Å². The highest BCUT2D eigenvalue weighted by Crippen LogP contribution is 2.23. The number of nitrogens with zero attached hydrogens (tertiary/aromatic N) is 1. The van der Waals surface area contributed by atoms with Crippen molar-refractivity contribution in [1.29, 1.82) is 0 Å². The van der Waals surface area contributed by atoms with E-state index >= 15 is 0 Å². The molecular weight excluding hydrogens is 340 g/mol. The van der Waals surface area contributed by atoms with Crippen molar-refractivity contribution in [3.63, 3.8) is 0 Å². The van der Waals surface area contributed by atoms with Gasteiger partial charge in [0.2, 0.25) is 10.0 Å². The third-order valence-corrected chi connectivity index (χ3v) is 7.58. The summed E-state index contributed by atoms with van der Waals surface area (Å²) in [4.78, 5) is 1.79. The molecule has 0 aliphatic carbocycles. The summed E-state index contributed by atoms with van der Waals surface area (Å²) in [5.41, 5.74) is 1.34. The maximum atomic E-state index is 12.6. The molecule has 0 amide bonds. The van der Waals surface area contributed by atoms with Crippen LogP contribution < -0.4 is 5.32 Å². The second-order valence-electron chi connectivity index (χ2n) is 6.32. The molecule has 1 aromatic heterocycles. The Morgan fingerprint density at radius 1 is 1.17 bits per heavy atom. The number of piperidine rings is 1. The molecule has 1 aliphatic rings. The molecule has 0 atom stereocenters. The highest BCUT2D eigenvalue weighted by atomic mass is 32.2. The molecule has 1 aliphatic heterocycles. The fourth-order valence-electron chi connectivity index (χ4n) is 3.07. The van der Waals surface area contributed by atoms with Crippen molar-refractivity contribution in [1.82, 2.24) is 9.62 Å². The summed E-state index contributed by atoms with van der Waals surface area (Å²) in [7, 11) is -3.33. The fourth-order valence-corrected chi connectivity index (χ4v) is 5.44. The number of hydrogen-bond donors (Lipinski definition) is 1. The van der Waals surface area contributed by atoms with Crippen molar-refractivity contribution in [2.45, 2.75) is 31.2 Å². The number of hydrogen-bond acceptors (Lipinski definition) is 4. The number of sulfonamides is 1. The van der Waals surface area contributed by atoms with E-state index in [2.05, 4.69) is 23.7 Å². The minimum Gasteiger partial charge on any atom is -0.312 e. The molecule has 0 bridgehead atoms. The molecule has 3 rings (SSSR count). The summed E-state index contributed by atoms with van der Waals surface area (Å²) in [6.07, 6.45) is 1.84. The molecular formula is C18H24N2O2S2. The summed E-state index contributed by atoms with van der Waals surface area (Å²) >= 11 is 1.79. The maximum absolute atomic E-state index is 12.6. The van der Waals surface area contributed by atoms with E-state index in [1.807, 2.05) is 6.07 Å². The normalized spacial score (nSPS) is 17.2. The van der Waals surface area contributed by atoms with Crippen molar-refractivity contribution in [3.05, 3.63) is 52.2 Å². The number of nitrogens with one attached hydrogen (secondary N) is 1. The topological polar surface area (TPSA) is 49.4 Å². The van der Waals surface area contributed by atoms with Gasteiger partial charge in [-0.1, -0.05) is 18.2 Å². The van der Waals surface area contributed by atoms with Crippen LogP contribution in [0.3, 0.4) is 0 Å². The smallest absolute Gasteiger partial charge is 0.243 e. The van der Waals surface area contributed by atoms with E-state index < -0.39 is 10.0 Å². The van der Waals surface area contributed by atoms with Crippen LogP contribution in [-0.2, 0) is 16.6 Å². The monoisotopic (exact) mass is 364 g/mol. The molecule has 6 heteroatoms. The second-order valence-corrected chi connectivity index (χ2v) is 9.26. The third-order valence-electron chi connectivity index (χ3n) is 4.64. The Balaban J connectivity index is 1.48. The Bertz CT molecular complexity index is 748. The first-order valence-electron chi connectivity index (χ1n) is 8.36. The quantitative estimate of drug-likeness (QED) is 0.856. The van der Waals surface area contributed by atoms with Gasteiger partial charge in [-0.25, -0.2) is 8.42 Å². The Hall–Kier alpha value is -1.21. The first kappa shape index (κ1) is 17.6. The summed E-state index contributed by atoms with van der Waals surface area (Å²) in [6.45, 7) is 5.23. The zero-order chi connectivity index (χ0) is 17.0. The molecule has 130 valence electrons. The van der Waals surface area contributed by atoms with Crippen molar-refractivity contribution in [2.75, 3.05) is 19.6 Å². The van der Waals surface area contributed by atoms with Crippen molar-refractivity contribution in [3.8, 4) is 0 Å². The van der Waals surface area contributed by atoms with Crippen LogP contribution in [0.2, 0.25) is 0 Å². The number of rotatable bonds is 6. The first-order chi connectivity index (χ1) is 11.6. The van der Waals surface area contributed by atoms with Crippen molar-refractivity contribution in [2.24, 2.45) is 5.92 Å². The van der Waals surface area contributed by atoms with Crippen molar-refractivity contribution >= 4 is 21.4 Å². The van der Waals surface area contributed by atoms with Crippen LogP contribution >= 0.6 is 11.3 Å². The van der Waals surface area contributed by atoms with Gasteiger partial charge >= 0.3 is 0 Å². The van der Waals surface area contributed by atoms with Crippen LogP contribution in [0.4, 0.5) is 0 Å². The summed E-state index contributed by atoms with van der Waals surface area (Å²) < 4.78 is 26.9. The Morgan fingerprint density at radius 2 is 1.88 bits per heavy atom. The Morgan fingerprint density at radius 3 is 2.50 bits per heavy atom. The number of aryl methyl sites for hydroxylation is 1. The van der Waals surface area contributed by atoms with Crippen LogP contribution in [0.1, 0.15) is 23.3 Å². The molecule has 2 heterocycles. The first-order valence-corrected chi connectivity index (χ1v) is 10.7. The molecule has 0 radical (unpaired) electrons. The van der Waals surface area contributed by atoms with Crippen LogP contribution in [0.15, 0.2) is 46.7 Å². The molecule has 24 heavy (non-hydrogen) atoms. The predicted molar refractivity (Wildman–Crippen MR) is 98.7 cm³/mol. The van der Waals surface area contributed by atoms with Gasteiger partial charge in [0.1, 0.15) is 0 Å². The average Bonchev–Trinajstić information content (AvgIpc) is 3.01. The van der Waals surface area contributed by atoms with Crippen LogP contribution in [0.5, 0.6) is 0 Å². The summed E-state index contributed by atoms with van der Waals surface area (Å²) in [5.74, 6) is 0.549.